The Labute approximate surface area is 105 Å². The van der Waals surface area contributed by atoms with E-state index in [1.165, 1.54) is 16.7 Å². The molecule has 2 heteroatoms. The molecule has 2 atom stereocenters. The van der Waals surface area contributed by atoms with E-state index in [1.54, 1.807) is 7.11 Å². The Bertz CT molecular complexity index is 327. The molecule has 0 saturated heterocycles. The zero-order valence-electron chi connectivity index (χ0n) is 11.4. The lowest BCUT2D eigenvalue weighted by Gasteiger charge is -2.14. The van der Waals surface area contributed by atoms with Gasteiger partial charge in [0.05, 0.1) is 12.2 Å². The van der Waals surface area contributed by atoms with Crippen LogP contribution in [0.15, 0.2) is 18.2 Å². The van der Waals surface area contributed by atoms with Crippen molar-refractivity contribution in [3.05, 3.63) is 34.9 Å². The van der Waals surface area contributed by atoms with Gasteiger partial charge in [-0.1, -0.05) is 29.3 Å². The van der Waals surface area contributed by atoms with Gasteiger partial charge in [-0.05, 0) is 45.6 Å². The van der Waals surface area contributed by atoms with Gasteiger partial charge in [-0.15, -0.1) is 0 Å². The topological polar surface area (TPSA) is 29.5 Å². The smallest absolute Gasteiger partial charge is 0.0581 e. The first-order valence-electron chi connectivity index (χ1n) is 6.29. The Kier molecular flexibility index (Phi) is 5.66. The molecule has 2 nitrogen and oxygen atoms in total. The van der Waals surface area contributed by atoms with Crippen molar-refractivity contribution in [2.45, 2.75) is 52.2 Å². The maximum absolute atomic E-state index is 9.97. The summed E-state index contributed by atoms with van der Waals surface area (Å²) >= 11 is 0. The average molecular weight is 236 g/mol. The largest absolute Gasteiger partial charge is 0.393 e. The van der Waals surface area contributed by atoms with Crippen molar-refractivity contribution >= 4 is 0 Å². The summed E-state index contributed by atoms with van der Waals surface area (Å²) in [6.45, 7) is 6.22. The molecule has 1 aromatic carbocycles. The second-order valence-electron chi connectivity index (χ2n) is 4.98. The third kappa shape index (κ3) is 5.33. The number of hydrogen-bond acceptors (Lipinski definition) is 2. The van der Waals surface area contributed by atoms with Gasteiger partial charge >= 0.3 is 0 Å². The molecule has 0 aromatic heterocycles. The summed E-state index contributed by atoms with van der Waals surface area (Å²) in [5.41, 5.74) is 3.75. The molecule has 0 amide bonds. The van der Waals surface area contributed by atoms with Crippen molar-refractivity contribution in [2.24, 2.45) is 0 Å². The van der Waals surface area contributed by atoms with Crippen LogP contribution in [0.1, 0.15) is 36.5 Å². The molecule has 2 unspecified atom stereocenters. The number of aliphatic hydroxyl groups excluding tert-OH is 1. The zero-order chi connectivity index (χ0) is 12.8. The Morgan fingerprint density at radius 3 is 2.24 bits per heavy atom. The predicted octanol–water partition coefficient (Wildman–Crippen LogP) is 3.02. The Hall–Kier alpha value is -0.860. The summed E-state index contributed by atoms with van der Waals surface area (Å²) in [4.78, 5) is 0. The Morgan fingerprint density at radius 1 is 1.12 bits per heavy atom. The lowest BCUT2D eigenvalue weighted by Crippen LogP contribution is -2.15. The minimum atomic E-state index is -0.270. The van der Waals surface area contributed by atoms with Crippen molar-refractivity contribution in [1.82, 2.24) is 0 Å². The summed E-state index contributed by atoms with van der Waals surface area (Å²) in [6.07, 6.45) is 2.39. The summed E-state index contributed by atoms with van der Waals surface area (Å²) in [7, 11) is 1.71. The number of aliphatic hydroxyl groups is 1. The van der Waals surface area contributed by atoms with Crippen LogP contribution in [-0.4, -0.2) is 24.4 Å². The van der Waals surface area contributed by atoms with Gasteiger partial charge in [-0.25, -0.2) is 0 Å². The first-order chi connectivity index (χ1) is 8.01. The highest BCUT2D eigenvalue weighted by atomic mass is 16.5. The zero-order valence-corrected chi connectivity index (χ0v) is 11.4. The second-order valence-corrected chi connectivity index (χ2v) is 4.98. The van der Waals surface area contributed by atoms with Crippen LogP contribution in [0, 0.1) is 13.8 Å². The number of aryl methyl sites for hydroxylation is 2. The van der Waals surface area contributed by atoms with Crippen molar-refractivity contribution < 1.29 is 9.84 Å². The van der Waals surface area contributed by atoms with Crippen LogP contribution in [0.25, 0.3) is 0 Å². The molecule has 0 aliphatic heterocycles. The van der Waals surface area contributed by atoms with E-state index in [0.717, 1.165) is 19.3 Å². The van der Waals surface area contributed by atoms with Crippen LogP contribution < -0.4 is 0 Å². The van der Waals surface area contributed by atoms with Crippen LogP contribution in [0.2, 0.25) is 0 Å². The van der Waals surface area contributed by atoms with E-state index in [9.17, 15) is 5.11 Å². The lowest BCUT2D eigenvalue weighted by molar-refractivity contribution is 0.0851. The van der Waals surface area contributed by atoms with Gasteiger partial charge in [0, 0.05) is 7.11 Å². The van der Waals surface area contributed by atoms with Crippen LogP contribution in [0.3, 0.4) is 0 Å². The van der Waals surface area contributed by atoms with Gasteiger partial charge in [-0.3, -0.25) is 0 Å². The number of hydrogen-bond donors (Lipinski definition) is 1. The van der Waals surface area contributed by atoms with Crippen LogP contribution in [0.5, 0.6) is 0 Å². The molecular formula is C15H24O2. The molecule has 0 bridgehead atoms. The number of rotatable bonds is 6. The summed E-state index contributed by atoms with van der Waals surface area (Å²) < 4.78 is 5.18. The molecule has 17 heavy (non-hydrogen) atoms. The molecular weight excluding hydrogens is 212 g/mol. The quantitative estimate of drug-likeness (QED) is 0.822. The number of benzene rings is 1. The first-order valence-corrected chi connectivity index (χ1v) is 6.29. The molecule has 0 aliphatic rings. The molecule has 1 rings (SSSR count). The molecule has 0 fully saturated rings. The SMILES string of the molecule is COC(C)CCC(O)Cc1cc(C)cc(C)c1. The standard InChI is InChI=1S/C15H24O2/c1-11-7-12(2)9-14(8-11)10-15(16)6-5-13(3)17-4/h7-9,13,15-16H,5-6,10H2,1-4H3. The summed E-state index contributed by atoms with van der Waals surface area (Å²) in [6, 6.07) is 6.45. The second kappa shape index (κ2) is 6.77. The van der Waals surface area contributed by atoms with Crippen molar-refractivity contribution in [1.29, 1.82) is 0 Å². The fourth-order valence-electron chi connectivity index (χ4n) is 2.11. The molecule has 0 saturated carbocycles. The van der Waals surface area contributed by atoms with Gasteiger partial charge in [0.15, 0.2) is 0 Å². The van der Waals surface area contributed by atoms with Crippen molar-refractivity contribution in [2.75, 3.05) is 7.11 Å². The molecule has 1 N–H and O–H groups in total. The van der Waals surface area contributed by atoms with Gasteiger partial charge in [0.1, 0.15) is 0 Å². The van der Waals surface area contributed by atoms with Crippen molar-refractivity contribution in [3.8, 4) is 0 Å². The molecule has 0 radical (unpaired) electrons. The molecule has 0 spiro atoms. The summed E-state index contributed by atoms with van der Waals surface area (Å²) in [5, 5.41) is 9.97. The van der Waals surface area contributed by atoms with E-state index in [-0.39, 0.29) is 12.2 Å². The highest BCUT2D eigenvalue weighted by Gasteiger charge is 2.09. The highest BCUT2D eigenvalue weighted by molar-refractivity contribution is 5.28. The normalized spacial score (nSPS) is 14.6. The number of methoxy groups -OCH3 is 1. The minimum absolute atomic E-state index is 0.226. The van der Waals surface area contributed by atoms with Gasteiger partial charge in [0.25, 0.3) is 0 Å². The fourth-order valence-corrected chi connectivity index (χ4v) is 2.11. The van der Waals surface area contributed by atoms with Gasteiger partial charge in [-0.2, -0.15) is 0 Å². The van der Waals surface area contributed by atoms with E-state index in [0.29, 0.717) is 0 Å². The Balaban J connectivity index is 2.47. The maximum Gasteiger partial charge on any atom is 0.0581 e. The predicted molar refractivity (Wildman–Crippen MR) is 71.3 cm³/mol. The summed E-state index contributed by atoms with van der Waals surface area (Å²) in [5.74, 6) is 0. The average Bonchev–Trinajstić information content (AvgIpc) is 2.24. The molecule has 96 valence electrons. The van der Waals surface area contributed by atoms with Crippen LogP contribution in [0.4, 0.5) is 0 Å². The Morgan fingerprint density at radius 2 is 1.71 bits per heavy atom. The van der Waals surface area contributed by atoms with Crippen molar-refractivity contribution in [3.63, 3.8) is 0 Å². The third-order valence-electron chi connectivity index (χ3n) is 3.06. The van der Waals surface area contributed by atoms with E-state index < -0.39 is 0 Å². The maximum atomic E-state index is 9.97. The van der Waals surface area contributed by atoms with E-state index in [2.05, 4.69) is 32.0 Å². The first kappa shape index (κ1) is 14.2. The van der Waals surface area contributed by atoms with Gasteiger partial charge in [0.2, 0.25) is 0 Å². The lowest BCUT2D eigenvalue weighted by atomic mass is 9.99. The molecule has 0 heterocycles. The monoisotopic (exact) mass is 236 g/mol. The van der Waals surface area contributed by atoms with Crippen LogP contribution in [-0.2, 0) is 11.2 Å². The van der Waals surface area contributed by atoms with Crippen LogP contribution >= 0.6 is 0 Å². The minimum Gasteiger partial charge on any atom is -0.393 e. The van der Waals surface area contributed by atoms with E-state index in [4.69, 9.17) is 4.74 Å². The number of ether oxygens (including phenoxy) is 1. The fraction of sp³-hybridized carbons (Fsp3) is 0.600. The van der Waals surface area contributed by atoms with E-state index >= 15 is 0 Å². The third-order valence-corrected chi connectivity index (χ3v) is 3.06. The highest BCUT2D eigenvalue weighted by Crippen LogP contribution is 2.13. The molecule has 0 aliphatic carbocycles. The van der Waals surface area contributed by atoms with Gasteiger partial charge < -0.3 is 9.84 Å². The molecule has 1 aromatic rings. The van der Waals surface area contributed by atoms with E-state index in [1.807, 2.05) is 6.92 Å².